The van der Waals surface area contributed by atoms with Crippen LogP contribution >= 0.6 is 0 Å². The molecule has 0 aliphatic carbocycles. The normalized spacial score (nSPS) is 11.5. The zero-order valence-electron chi connectivity index (χ0n) is 13.6. The minimum atomic E-state index is -4.75. The molecule has 124 valence electrons. The minimum absolute atomic E-state index is 0.261. The fourth-order valence-electron chi connectivity index (χ4n) is 2.42. The quantitative estimate of drug-likeness (QED) is 0.723. The monoisotopic (exact) mass is 384 g/mol. The molecule has 2 rings (SSSR count). The van der Waals surface area contributed by atoms with Crippen molar-refractivity contribution in [2.45, 2.75) is 27.7 Å². The number of amides is 1. The second kappa shape index (κ2) is 6.60. The number of benzene rings is 1. The molecule has 0 fully saturated rings. The van der Waals surface area contributed by atoms with Crippen molar-refractivity contribution in [1.82, 2.24) is 19.7 Å². The van der Waals surface area contributed by atoms with Gasteiger partial charge in [0.1, 0.15) is 0 Å². The Hall–Kier alpha value is -2.05. The Balaban J connectivity index is 2.46. The number of hydrogen-bond acceptors (Lipinski definition) is 5. The van der Waals surface area contributed by atoms with Crippen molar-refractivity contribution in [1.29, 1.82) is 0 Å². The zero-order chi connectivity index (χ0) is 17.2. The molecular weight excluding hydrogens is 363 g/mol. The summed E-state index contributed by atoms with van der Waals surface area (Å²) < 4.78 is 26.6. The van der Waals surface area contributed by atoms with E-state index in [2.05, 4.69) is 10.1 Å². The third-order valence-corrected chi connectivity index (χ3v) is 7.50. The van der Waals surface area contributed by atoms with E-state index in [-0.39, 0.29) is 15.2 Å². The predicted octanol–water partition coefficient (Wildman–Crippen LogP) is 0.622. The van der Waals surface area contributed by atoms with Crippen molar-refractivity contribution in [3.63, 3.8) is 0 Å². The van der Waals surface area contributed by atoms with Gasteiger partial charge in [0.15, 0.2) is 0 Å². The number of aromatic nitrogens is 3. The summed E-state index contributed by atoms with van der Waals surface area (Å²) in [6.07, 6.45) is 1.16. The summed E-state index contributed by atoms with van der Waals surface area (Å²) >= 11 is -4.75. The molecule has 0 atom stereocenters. The van der Waals surface area contributed by atoms with E-state index >= 15 is 0 Å². The molecule has 0 saturated carbocycles. The van der Waals surface area contributed by atoms with Gasteiger partial charge < -0.3 is 0 Å². The van der Waals surface area contributed by atoms with E-state index in [9.17, 15) is 12.5 Å². The Morgan fingerprint density at radius 1 is 1.17 bits per heavy atom. The summed E-state index contributed by atoms with van der Waals surface area (Å²) in [6, 6.07) is 4.89. The fourth-order valence-corrected chi connectivity index (χ4v) is 5.66. The van der Waals surface area contributed by atoms with Crippen LogP contribution in [0.1, 0.15) is 25.0 Å². The van der Waals surface area contributed by atoms with Gasteiger partial charge in [0.25, 0.3) is 0 Å². The van der Waals surface area contributed by atoms with E-state index in [1.54, 1.807) is 32.0 Å². The third-order valence-electron chi connectivity index (χ3n) is 3.62. The number of carbonyl (C=O) groups is 1. The number of carbonyl (C=O) groups excluding carboxylic acids is 1. The van der Waals surface area contributed by atoms with Crippen molar-refractivity contribution in [2.24, 2.45) is 0 Å². The Labute approximate surface area is 137 Å². The van der Waals surface area contributed by atoms with Gasteiger partial charge in [-0.1, -0.05) is 0 Å². The molecule has 0 spiro atoms. The van der Waals surface area contributed by atoms with Crippen molar-refractivity contribution >= 4 is 27.9 Å². The van der Waals surface area contributed by atoms with Crippen molar-refractivity contribution in [2.75, 3.05) is 13.1 Å². The summed E-state index contributed by atoms with van der Waals surface area (Å²) in [5.41, 5.74) is 1.31. The molecule has 0 bridgehead atoms. The number of aryl methyl sites for hydroxylation is 2. The van der Waals surface area contributed by atoms with Crippen molar-refractivity contribution in [3.8, 4) is 0 Å². The van der Waals surface area contributed by atoms with Gasteiger partial charge in [-0.2, -0.15) is 0 Å². The summed E-state index contributed by atoms with van der Waals surface area (Å²) in [6.45, 7) is 8.19. The van der Waals surface area contributed by atoms with Crippen LogP contribution in [-0.4, -0.2) is 51.5 Å². The number of nitrogens with zero attached hydrogens (tertiary/aromatic N) is 4. The first-order valence-corrected chi connectivity index (χ1v) is 10.5. The van der Waals surface area contributed by atoms with Gasteiger partial charge >= 0.3 is 136 Å². The van der Waals surface area contributed by atoms with E-state index < -0.39 is 12.7 Å². The van der Waals surface area contributed by atoms with E-state index in [4.69, 9.17) is 0 Å². The first kappa shape index (κ1) is 17.3. The average Bonchev–Trinajstić information content (AvgIpc) is 2.98. The Bertz CT molecular complexity index is 803. The first-order valence-electron chi connectivity index (χ1n) is 7.35. The average molecular weight is 383 g/mol. The molecule has 1 aromatic carbocycles. The molecule has 0 saturated heterocycles. The van der Waals surface area contributed by atoms with Crippen LogP contribution in [0.5, 0.6) is 0 Å². The topological polar surface area (TPSA) is 85.2 Å². The maximum atomic E-state index is 12.8. The second-order valence-corrected chi connectivity index (χ2v) is 8.89. The Morgan fingerprint density at radius 3 is 2.26 bits per heavy atom. The Kier molecular flexibility index (Phi) is 4.96. The second-order valence-electron chi connectivity index (χ2n) is 5.15. The molecule has 7 nitrogen and oxygen atoms in total. The molecule has 2 aromatic rings. The van der Waals surface area contributed by atoms with Crippen LogP contribution in [0.2, 0.25) is 0 Å². The van der Waals surface area contributed by atoms with Crippen molar-refractivity contribution in [3.05, 3.63) is 35.7 Å². The van der Waals surface area contributed by atoms with Crippen LogP contribution < -0.4 is 9.18 Å². The third kappa shape index (κ3) is 3.18. The summed E-state index contributed by atoms with van der Waals surface area (Å²) in [5.74, 6) is 0. The van der Waals surface area contributed by atoms with Crippen LogP contribution in [0.25, 0.3) is 0 Å². The Morgan fingerprint density at radius 2 is 1.74 bits per heavy atom. The van der Waals surface area contributed by atoms with Gasteiger partial charge in [0, 0.05) is 0 Å². The van der Waals surface area contributed by atoms with Gasteiger partial charge in [-0.3, -0.25) is 0 Å². The molecule has 1 aromatic heterocycles. The number of rotatable bonds is 4. The molecule has 1 amide bonds. The van der Waals surface area contributed by atoms with Crippen molar-refractivity contribution < 1.29 is 12.5 Å². The van der Waals surface area contributed by atoms with Crippen LogP contribution in [-0.2, 0) is 7.67 Å². The van der Waals surface area contributed by atoms with Crippen LogP contribution in [0.4, 0.5) is 4.79 Å². The van der Waals surface area contributed by atoms with Gasteiger partial charge in [-0.25, -0.2) is 0 Å². The first-order chi connectivity index (χ1) is 10.8. The van der Waals surface area contributed by atoms with Crippen LogP contribution in [0.15, 0.2) is 24.5 Å². The summed E-state index contributed by atoms with van der Waals surface area (Å²) in [5, 5.41) is 3.92. The fraction of sp³-hybridized carbons (Fsp3) is 0.400. The predicted molar refractivity (Wildman–Crippen MR) is 86.0 cm³/mol. The SMILES string of the molecule is CCN(CC)C(=O)n1cnc([Se](=O)(=O)c2c(C)cccc2C)n1. The summed E-state index contributed by atoms with van der Waals surface area (Å²) in [7, 11) is 0. The molecule has 0 aliphatic rings. The van der Waals surface area contributed by atoms with E-state index in [0.29, 0.717) is 24.2 Å². The molecule has 0 aliphatic heterocycles. The summed E-state index contributed by atoms with van der Waals surface area (Å²) in [4.78, 5) is 17.6. The zero-order valence-corrected chi connectivity index (χ0v) is 15.4. The standard InChI is InChI=1S/C15H20N4O3Se/c1-5-18(6-2)15(20)19-10-16-14(17-19)23(21,22)13-11(3)8-7-9-12(13)4/h7-10H,5-6H2,1-4H3. The molecular formula is C15H20N4O3Se. The maximum absolute atomic E-state index is 12.8. The van der Waals surface area contributed by atoms with E-state index in [0.717, 1.165) is 11.0 Å². The molecule has 0 radical (unpaired) electrons. The van der Waals surface area contributed by atoms with Gasteiger partial charge in [-0.05, 0) is 0 Å². The van der Waals surface area contributed by atoms with Gasteiger partial charge in [-0.15, -0.1) is 0 Å². The van der Waals surface area contributed by atoms with Crippen LogP contribution in [0, 0.1) is 13.8 Å². The van der Waals surface area contributed by atoms with Crippen LogP contribution in [0.3, 0.4) is 0 Å². The number of hydrogen-bond donors (Lipinski definition) is 0. The molecule has 0 unspecified atom stereocenters. The van der Waals surface area contributed by atoms with E-state index in [1.165, 1.54) is 4.90 Å². The molecule has 1 heterocycles. The molecule has 23 heavy (non-hydrogen) atoms. The van der Waals surface area contributed by atoms with E-state index in [1.807, 2.05) is 13.8 Å². The van der Waals surface area contributed by atoms with Gasteiger partial charge in [0.05, 0.1) is 0 Å². The van der Waals surface area contributed by atoms with Gasteiger partial charge in [0.2, 0.25) is 0 Å². The molecule has 8 heteroatoms. The molecule has 0 N–H and O–H groups in total.